The van der Waals surface area contributed by atoms with Gasteiger partial charge in [0.05, 0.1) is 18.7 Å². The Kier molecular flexibility index (Phi) is 8.03. The Morgan fingerprint density at radius 1 is 1.06 bits per heavy atom. The van der Waals surface area contributed by atoms with Gasteiger partial charge in [0.1, 0.15) is 25.1 Å². The molecule has 2 aromatic carbocycles. The van der Waals surface area contributed by atoms with Gasteiger partial charge in [0, 0.05) is 19.4 Å². The zero-order valence-electron chi connectivity index (χ0n) is 19.5. The van der Waals surface area contributed by atoms with E-state index in [9.17, 15) is 14.7 Å². The van der Waals surface area contributed by atoms with Crippen LogP contribution in [0, 0.1) is 0 Å². The molecule has 1 amide bonds. The molecule has 8 nitrogen and oxygen atoms in total. The van der Waals surface area contributed by atoms with Crippen LogP contribution in [0.5, 0.6) is 17.2 Å². The molecule has 182 valence electrons. The van der Waals surface area contributed by atoms with Crippen LogP contribution in [0.4, 0.5) is 0 Å². The van der Waals surface area contributed by atoms with E-state index in [1.807, 2.05) is 0 Å². The summed E-state index contributed by atoms with van der Waals surface area (Å²) in [5, 5.41) is 14.2. The quantitative estimate of drug-likeness (QED) is 0.518. The van der Waals surface area contributed by atoms with Crippen LogP contribution in [0.3, 0.4) is 0 Å². The Balaban J connectivity index is 1.42. The van der Waals surface area contributed by atoms with Gasteiger partial charge in [-0.15, -0.1) is 0 Å². The smallest absolute Gasteiger partial charge is 0.220 e. The summed E-state index contributed by atoms with van der Waals surface area (Å²) in [6, 6.07) is 11.8. The van der Waals surface area contributed by atoms with Crippen LogP contribution in [0.2, 0.25) is 0 Å². The molecular formula is C26H32N2O6. The molecule has 0 radical (unpaired) electrons. The number of ether oxygens (including phenoxy) is 3. The summed E-state index contributed by atoms with van der Waals surface area (Å²) < 4.78 is 16.5. The SMILES string of the molecule is COc1ccccc1C(=O)CCC(=O)NC(CN1CCCC1)C(O)c1ccc2c(c1)OCCO2. The number of fused-ring (bicyclic) bond motifs is 1. The third kappa shape index (κ3) is 5.87. The van der Waals surface area contributed by atoms with Crippen LogP contribution in [0.15, 0.2) is 42.5 Å². The molecule has 0 saturated carbocycles. The van der Waals surface area contributed by atoms with Crippen molar-refractivity contribution in [3.63, 3.8) is 0 Å². The van der Waals surface area contributed by atoms with Gasteiger partial charge in [0.15, 0.2) is 17.3 Å². The number of carbonyl (C=O) groups is 2. The number of ketones is 1. The van der Waals surface area contributed by atoms with Gasteiger partial charge in [-0.1, -0.05) is 18.2 Å². The molecule has 2 aromatic rings. The number of nitrogens with zero attached hydrogens (tertiary/aromatic N) is 1. The second-order valence-electron chi connectivity index (χ2n) is 8.65. The molecule has 2 N–H and O–H groups in total. The van der Waals surface area contributed by atoms with E-state index in [2.05, 4.69) is 10.2 Å². The van der Waals surface area contributed by atoms with E-state index in [1.54, 1.807) is 42.5 Å². The monoisotopic (exact) mass is 468 g/mol. The van der Waals surface area contributed by atoms with Crippen LogP contribution >= 0.6 is 0 Å². The summed E-state index contributed by atoms with van der Waals surface area (Å²) in [5.41, 5.74) is 1.11. The van der Waals surface area contributed by atoms with Crippen molar-refractivity contribution < 1.29 is 28.9 Å². The third-order valence-corrected chi connectivity index (χ3v) is 6.28. The lowest BCUT2D eigenvalue weighted by Crippen LogP contribution is -2.46. The van der Waals surface area contributed by atoms with Crippen LogP contribution in [0.1, 0.15) is 47.7 Å². The van der Waals surface area contributed by atoms with Gasteiger partial charge >= 0.3 is 0 Å². The van der Waals surface area contributed by atoms with Crippen molar-refractivity contribution >= 4 is 11.7 Å². The number of amides is 1. The first kappa shape index (κ1) is 24.0. The number of benzene rings is 2. The normalized spacial score (nSPS) is 17.1. The first-order valence-corrected chi connectivity index (χ1v) is 11.8. The van der Waals surface area contributed by atoms with E-state index < -0.39 is 12.1 Å². The highest BCUT2D eigenvalue weighted by Crippen LogP contribution is 2.33. The molecule has 0 bridgehead atoms. The maximum atomic E-state index is 12.8. The minimum absolute atomic E-state index is 0.0290. The van der Waals surface area contributed by atoms with E-state index in [0.717, 1.165) is 25.9 Å². The second kappa shape index (κ2) is 11.4. The van der Waals surface area contributed by atoms with Crippen LogP contribution in [-0.4, -0.2) is 67.7 Å². The fraction of sp³-hybridized carbons (Fsp3) is 0.462. The van der Waals surface area contributed by atoms with Gasteiger partial charge in [0.2, 0.25) is 5.91 Å². The minimum Gasteiger partial charge on any atom is -0.496 e. The number of likely N-dealkylation sites (tertiary alicyclic amines) is 1. The van der Waals surface area contributed by atoms with Crippen molar-refractivity contribution in [2.24, 2.45) is 0 Å². The number of nitrogens with one attached hydrogen (secondary N) is 1. The fourth-order valence-electron chi connectivity index (χ4n) is 4.46. The Hall–Kier alpha value is -3.10. The maximum Gasteiger partial charge on any atom is 0.220 e. The molecule has 2 aliphatic rings. The first-order chi connectivity index (χ1) is 16.5. The largest absolute Gasteiger partial charge is 0.496 e. The highest BCUT2D eigenvalue weighted by Gasteiger charge is 2.28. The highest BCUT2D eigenvalue weighted by molar-refractivity contribution is 6.00. The van der Waals surface area contributed by atoms with Crippen LogP contribution in [-0.2, 0) is 4.79 Å². The first-order valence-electron chi connectivity index (χ1n) is 11.8. The molecule has 2 aliphatic heterocycles. The Bertz CT molecular complexity index is 1000. The summed E-state index contributed by atoms with van der Waals surface area (Å²) in [6.07, 6.45) is 1.37. The Morgan fingerprint density at radius 2 is 1.79 bits per heavy atom. The van der Waals surface area contributed by atoms with E-state index in [4.69, 9.17) is 14.2 Å². The maximum absolute atomic E-state index is 12.8. The predicted octanol–water partition coefficient (Wildman–Crippen LogP) is 2.74. The van der Waals surface area contributed by atoms with Gasteiger partial charge in [-0.25, -0.2) is 0 Å². The van der Waals surface area contributed by atoms with Gasteiger partial charge in [0.25, 0.3) is 0 Å². The predicted molar refractivity (Wildman–Crippen MR) is 127 cm³/mol. The zero-order chi connectivity index (χ0) is 23.9. The molecule has 2 atom stereocenters. The second-order valence-corrected chi connectivity index (χ2v) is 8.65. The van der Waals surface area contributed by atoms with Crippen LogP contribution < -0.4 is 19.5 Å². The number of rotatable bonds is 10. The summed E-state index contributed by atoms with van der Waals surface area (Å²) >= 11 is 0. The van der Waals surface area contributed by atoms with E-state index in [1.165, 1.54) is 7.11 Å². The van der Waals surface area contributed by atoms with Crippen molar-refractivity contribution in [2.75, 3.05) is 40.0 Å². The molecular weight excluding hydrogens is 436 g/mol. The molecule has 1 fully saturated rings. The number of hydrogen-bond acceptors (Lipinski definition) is 7. The lowest BCUT2D eigenvalue weighted by molar-refractivity contribution is -0.122. The van der Waals surface area contributed by atoms with Gasteiger partial charge < -0.3 is 29.5 Å². The van der Waals surface area contributed by atoms with Crippen molar-refractivity contribution in [3.05, 3.63) is 53.6 Å². The average Bonchev–Trinajstić information content (AvgIpc) is 3.39. The molecule has 0 aromatic heterocycles. The van der Waals surface area contributed by atoms with Gasteiger partial charge in [-0.3, -0.25) is 9.59 Å². The molecule has 2 unspecified atom stereocenters. The number of aliphatic hydroxyl groups excluding tert-OH is 1. The number of para-hydroxylation sites is 1. The average molecular weight is 469 g/mol. The molecule has 34 heavy (non-hydrogen) atoms. The third-order valence-electron chi connectivity index (χ3n) is 6.28. The van der Waals surface area contributed by atoms with E-state index in [0.29, 0.717) is 48.1 Å². The zero-order valence-corrected chi connectivity index (χ0v) is 19.5. The lowest BCUT2D eigenvalue weighted by atomic mass is 10.00. The Labute approximate surface area is 199 Å². The minimum atomic E-state index is -0.926. The lowest BCUT2D eigenvalue weighted by Gasteiger charge is -2.29. The number of carbonyl (C=O) groups excluding carboxylic acids is 2. The van der Waals surface area contributed by atoms with Gasteiger partial charge in [-0.05, 0) is 55.8 Å². The van der Waals surface area contributed by atoms with E-state index >= 15 is 0 Å². The molecule has 8 heteroatoms. The van der Waals surface area contributed by atoms with Gasteiger partial charge in [-0.2, -0.15) is 0 Å². The van der Waals surface area contributed by atoms with Crippen LogP contribution in [0.25, 0.3) is 0 Å². The summed E-state index contributed by atoms with van der Waals surface area (Å²) in [6.45, 7) is 3.36. The molecule has 0 aliphatic carbocycles. The number of methoxy groups -OCH3 is 1. The Morgan fingerprint density at radius 3 is 2.56 bits per heavy atom. The number of aliphatic hydroxyl groups is 1. The van der Waals surface area contributed by atoms with Crippen molar-refractivity contribution in [2.45, 2.75) is 37.8 Å². The fourth-order valence-corrected chi connectivity index (χ4v) is 4.46. The van der Waals surface area contributed by atoms with Crippen molar-refractivity contribution in [3.8, 4) is 17.2 Å². The number of Topliss-reactive ketones (excluding diaryl/α,β-unsaturated/α-hetero) is 1. The molecule has 1 saturated heterocycles. The molecule has 0 spiro atoms. The molecule has 2 heterocycles. The van der Waals surface area contributed by atoms with Crippen molar-refractivity contribution in [1.29, 1.82) is 0 Å². The highest BCUT2D eigenvalue weighted by atomic mass is 16.6. The van der Waals surface area contributed by atoms with Crippen molar-refractivity contribution in [1.82, 2.24) is 10.2 Å². The van der Waals surface area contributed by atoms with E-state index in [-0.39, 0.29) is 24.5 Å². The summed E-state index contributed by atoms with van der Waals surface area (Å²) in [4.78, 5) is 27.7. The molecule has 4 rings (SSSR count). The summed E-state index contributed by atoms with van der Waals surface area (Å²) in [7, 11) is 1.51. The summed E-state index contributed by atoms with van der Waals surface area (Å²) in [5.74, 6) is 1.31. The number of hydrogen-bond donors (Lipinski definition) is 2. The topological polar surface area (TPSA) is 97.3 Å². The standard InChI is InChI=1S/C26H32N2O6/c1-32-22-7-3-2-6-19(22)21(29)9-11-25(30)27-20(17-28-12-4-5-13-28)26(31)18-8-10-23-24(16-18)34-15-14-33-23/h2-3,6-8,10,16,20,26,31H,4-5,9,11-15,17H2,1H3,(H,27,30).